The molecule has 0 aromatic carbocycles. The van der Waals surface area contributed by atoms with Gasteiger partial charge in [-0.15, -0.1) is 0 Å². The van der Waals surface area contributed by atoms with Crippen LogP contribution in [0.4, 0.5) is 0 Å². The molecule has 2 N–H and O–H groups in total. The van der Waals surface area contributed by atoms with Crippen LogP contribution in [-0.4, -0.2) is 12.1 Å². The number of hydrazine groups is 1. The second-order valence-electron chi connectivity index (χ2n) is 3.28. The summed E-state index contributed by atoms with van der Waals surface area (Å²) in [6.07, 6.45) is 1.26. The van der Waals surface area contributed by atoms with Gasteiger partial charge in [0.15, 0.2) is 0 Å². The van der Waals surface area contributed by atoms with Crippen LogP contribution in [0.5, 0.6) is 0 Å². The molecule has 1 aliphatic heterocycles. The molecule has 1 heterocycles. The molecule has 0 aromatic heterocycles. The standard InChI is InChI=1S/C7H16N2/c1-5(2)7-4-6(3)8-9-7/h5-9H,4H2,1-3H3. The van der Waals surface area contributed by atoms with Crippen molar-refractivity contribution in [1.29, 1.82) is 0 Å². The molecule has 1 fully saturated rings. The molecular formula is C7H16N2. The quantitative estimate of drug-likeness (QED) is 0.548. The van der Waals surface area contributed by atoms with Crippen molar-refractivity contribution in [2.45, 2.75) is 39.3 Å². The highest BCUT2D eigenvalue weighted by Gasteiger charge is 2.21. The van der Waals surface area contributed by atoms with Gasteiger partial charge in [-0.3, -0.25) is 10.9 Å². The van der Waals surface area contributed by atoms with E-state index in [0.29, 0.717) is 12.1 Å². The number of nitrogens with one attached hydrogen (secondary N) is 2. The molecule has 2 nitrogen and oxygen atoms in total. The normalized spacial score (nSPS) is 36.0. The summed E-state index contributed by atoms with van der Waals surface area (Å²) in [4.78, 5) is 0. The first-order valence-corrected chi connectivity index (χ1v) is 3.71. The maximum atomic E-state index is 3.26. The molecule has 2 heteroatoms. The van der Waals surface area contributed by atoms with Gasteiger partial charge in [0.25, 0.3) is 0 Å². The molecule has 0 spiro atoms. The molecule has 2 atom stereocenters. The maximum absolute atomic E-state index is 3.26. The summed E-state index contributed by atoms with van der Waals surface area (Å²) < 4.78 is 0. The third-order valence-electron chi connectivity index (χ3n) is 1.93. The largest absolute Gasteiger partial charge is 0.255 e. The maximum Gasteiger partial charge on any atom is 0.0251 e. The average molecular weight is 128 g/mol. The zero-order valence-corrected chi connectivity index (χ0v) is 6.44. The predicted molar refractivity (Wildman–Crippen MR) is 39.0 cm³/mol. The first-order valence-electron chi connectivity index (χ1n) is 3.71. The number of hydrogen-bond acceptors (Lipinski definition) is 2. The lowest BCUT2D eigenvalue weighted by Gasteiger charge is -2.12. The highest BCUT2D eigenvalue weighted by atomic mass is 15.4. The van der Waals surface area contributed by atoms with Gasteiger partial charge in [-0.25, -0.2) is 0 Å². The summed E-state index contributed by atoms with van der Waals surface area (Å²) in [5.41, 5.74) is 6.46. The Balaban J connectivity index is 2.30. The summed E-state index contributed by atoms with van der Waals surface area (Å²) in [6, 6.07) is 1.33. The molecule has 0 aliphatic carbocycles. The molecule has 54 valence electrons. The van der Waals surface area contributed by atoms with Crippen molar-refractivity contribution >= 4 is 0 Å². The van der Waals surface area contributed by atoms with Crippen molar-refractivity contribution in [3.8, 4) is 0 Å². The lowest BCUT2D eigenvalue weighted by molar-refractivity contribution is 0.431. The van der Waals surface area contributed by atoms with Gasteiger partial charge in [0, 0.05) is 12.1 Å². The fraction of sp³-hybridized carbons (Fsp3) is 1.00. The summed E-state index contributed by atoms with van der Waals surface area (Å²) >= 11 is 0. The van der Waals surface area contributed by atoms with Gasteiger partial charge in [-0.05, 0) is 19.3 Å². The Hall–Kier alpha value is -0.0800. The highest BCUT2D eigenvalue weighted by Crippen LogP contribution is 2.11. The smallest absolute Gasteiger partial charge is 0.0251 e. The van der Waals surface area contributed by atoms with Crippen LogP contribution >= 0.6 is 0 Å². The summed E-state index contributed by atoms with van der Waals surface area (Å²) in [6.45, 7) is 6.70. The molecule has 2 unspecified atom stereocenters. The molecule has 0 aromatic rings. The SMILES string of the molecule is CC1CC(C(C)C)NN1. The van der Waals surface area contributed by atoms with E-state index < -0.39 is 0 Å². The van der Waals surface area contributed by atoms with E-state index in [4.69, 9.17) is 0 Å². The van der Waals surface area contributed by atoms with Crippen LogP contribution < -0.4 is 10.9 Å². The lowest BCUT2D eigenvalue weighted by atomic mass is 10.0. The fourth-order valence-electron chi connectivity index (χ4n) is 1.19. The van der Waals surface area contributed by atoms with E-state index in [1.54, 1.807) is 0 Å². The van der Waals surface area contributed by atoms with Gasteiger partial charge in [0.2, 0.25) is 0 Å². The molecule has 1 aliphatic rings. The molecule has 0 amide bonds. The Kier molecular flexibility index (Phi) is 2.09. The summed E-state index contributed by atoms with van der Waals surface area (Å²) in [5.74, 6) is 0.752. The highest BCUT2D eigenvalue weighted by molar-refractivity contribution is 4.80. The first kappa shape index (κ1) is 7.03. The van der Waals surface area contributed by atoms with Crippen molar-refractivity contribution in [2.24, 2.45) is 5.92 Å². The molecule has 0 bridgehead atoms. The van der Waals surface area contributed by atoms with Crippen LogP contribution in [0.25, 0.3) is 0 Å². The van der Waals surface area contributed by atoms with Crippen molar-refractivity contribution in [1.82, 2.24) is 10.9 Å². The van der Waals surface area contributed by atoms with Crippen molar-refractivity contribution < 1.29 is 0 Å². The Morgan fingerprint density at radius 1 is 1.33 bits per heavy atom. The van der Waals surface area contributed by atoms with E-state index in [1.165, 1.54) is 6.42 Å². The first-order chi connectivity index (χ1) is 4.20. The number of hydrogen-bond donors (Lipinski definition) is 2. The minimum Gasteiger partial charge on any atom is -0.255 e. The molecule has 9 heavy (non-hydrogen) atoms. The van der Waals surface area contributed by atoms with Gasteiger partial charge < -0.3 is 0 Å². The minimum atomic E-state index is 0.650. The van der Waals surface area contributed by atoms with Gasteiger partial charge in [0.05, 0.1) is 0 Å². The van der Waals surface area contributed by atoms with Gasteiger partial charge in [-0.1, -0.05) is 13.8 Å². The third-order valence-corrected chi connectivity index (χ3v) is 1.93. The molecule has 1 saturated heterocycles. The monoisotopic (exact) mass is 128 g/mol. The van der Waals surface area contributed by atoms with E-state index in [1.807, 2.05) is 0 Å². The zero-order chi connectivity index (χ0) is 6.85. The second kappa shape index (κ2) is 2.67. The van der Waals surface area contributed by atoms with E-state index >= 15 is 0 Å². The average Bonchev–Trinajstić information content (AvgIpc) is 2.14. The van der Waals surface area contributed by atoms with Crippen LogP contribution in [0.3, 0.4) is 0 Å². The van der Waals surface area contributed by atoms with Gasteiger partial charge >= 0.3 is 0 Å². The van der Waals surface area contributed by atoms with Crippen molar-refractivity contribution in [3.05, 3.63) is 0 Å². The van der Waals surface area contributed by atoms with Crippen LogP contribution in [0.1, 0.15) is 27.2 Å². The Morgan fingerprint density at radius 3 is 2.22 bits per heavy atom. The lowest BCUT2D eigenvalue weighted by Crippen LogP contribution is -2.34. The Bertz CT molecular complexity index is 90.9. The van der Waals surface area contributed by atoms with Crippen LogP contribution in [0.2, 0.25) is 0 Å². The van der Waals surface area contributed by atoms with Gasteiger partial charge in [0.1, 0.15) is 0 Å². The van der Waals surface area contributed by atoms with Crippen molar-refractivity contribution in [3.63, 3.8) is 0 Å². The van der Waals surface area contributed by atoms with E-state index in [-0.39, 0.29) is 0 Å². The van der Waals surface area contributed by atoms with Gasteiger partial charge in [-0.2, -0.15) is 0 Å². The Morgan fingerprint density at radius 2 is 2.00 bits per heavy atom. The van der Waals surface area contributed by atoms with Crippen molar-refractivity contribution in [2.75, 3.05) is 0 Å². The summed E-state index contributed by atoms with van der Waals surface area (Å²) in [7, 11) is 0. The molecule has 1 rings (SSSR count). The van der Waals surface area contributed by atoms with E-state index in [0.717, 1.165) is 5.92 Å². The molecular weight excluding hydrogens is 112 g/mol. The predicted octanol–water partition coefficient (Wildman–Crippen LogP) is 0.897. The van der Waals surface area contributed by atoms with Crippen LogP contribution in [0.15, 0.2) is 0 Å². The second-order valence-corrected chi connectivity index (χ2v) is 3.28. The van der Waals surface area contributed by atoms with Crippen LogP contribution in [0, 0.1) is 5.92 Å². The zero-order valence-electron chi connectivity index (χ0n) is 6.44. The Labute approximate surface area is 57.0 Å². The third kappa shape index (κ3) is 1.66. The molecule has 0 saturated carbocycles. The minimum absolute atomic E-state index is 0.650. The number of rotatable bonds is 1. The fourth-order valence-corrected chi connectivity index (χ4v) is 1.19. The topological polar surface area (TPSA) is 24.1 Å². The summed E-state index contributed by atoms with van der Waals surface area (Å²) in [5, 5.41) is 0. The van der Waals surface area contributed by atoms with E-state index in [2.05, 4.69) is 31.6 Å². The van der Waals surface area contributed by atoms with E-state index in [9.17, 15) is 0 Å². The molecule has 0 radical (unpaired) electrons. The van der Waals surface area contributed by atoms with Crippen LogP contribution in [-0.2, 0) is 0 Å².